The molecule has 3 aromatic rings. The molecule has 3 nitrogen and oxygen atoms in total. The zero-order valence-corrected chi connectivity index (χ0v) is 10.9. The van der Waals surface area contributed by atoms with Crippen LogP contribution in [0.1, 0.15) is 17.0 Å². The molecule has 0 amide bonds. The molecular weight excluding hydrogens is 236 g/mol. The Kier molecular flexibility index (Phi) is 3.19. The number of aromatic amines is 1. The number of hydrogen-bond donors (Lipinski definition) is 1. The Bertz CT molecular complexity index is 639. The van der Waals surface area contributed by atoms with Gasteiger partial charge in [0.25, 0.3) is 0 Å². The second-order valence-corrected chi connectivity index (χ2v) is 4.67. The van der Waals surface area contributed by atoms with E-state index in [4.69, 9.17) is 4.42 Å². The highest BCUT2D eigenvalue weighted by molar-refractivity contribution is 5.63. The number of rotatable bonds is 4. The number of aromatic nitrogens is 2. The average molecular weight is 252 g/mol. The molecule has 2 aromatic heterocycles. The van der Waals surface area contributed by atoms with Crippen LogP contribution in [0.2, 0.25) is 0 Å². The van der Waals surface area contributed by atoms with E-state index in [0.29, 0.717) is 0 Å². The molecule has 1 aromatic carbocycles. The quantitative estimate of drug-likeness (QED) is 0.768. The molecule has 2 heterocycles. The zero-order chi connectivity index (χ0) is 13.1. The molecule has 0 aliphatic heterocycles. The molecule has 3 heteroatoms. The molecule has 0 atom stereocenters. The minimum absolute atomic E-state index is 0.907. The Labute approximate surface area is 112 Å². The summed E-state index contributed by atoms with van der Waals surface area (Å²) >= 11 is 0. The summed E-state index contributed by atoms with van der Waals surface area (Å²) in [7, 11) is 0. The molecule has 96 valence electrons. The lowest BCUT2D eigenvalue weighted by Crippen LogP contribution is -1.96. The normalized spacial score (nSPS) is 10.8. The van der Waals surface area contributed by atoms with Gasteiger partial charge in [0.1, 0.15) is 11.6 Å². The molecule has 1 N–H and O–H groups in total. The first-order valence-electron chi connectivity index (χ1n) is 6.44. The summed E-state index contributed by atoms with van der Waals surface area (Å²) < 4.78 is 5.53. The van der Waals surface area contributed by atoms with E-state index in [1.807, 2.05) is 18.3 Å². The van der Waals surface area contributed by atoms with Crippen molar-refractivity contribution in [2.45, 2.75) is 19.8 Å². The molecule has 0 radical (unpaired) electrons. The predicted octanol–water partition coefficient (Wildman–Crippen LogP) is 3.76. The highest BCUT2D eigenvalue weighted by Crippen LogP contribution is 2.26. The predicted molar refractivity (Wildman–Crippen MR) is 74.9 cm³/mol. The molecular formula is C16H16N2O. The van der Waals surface area contributed by atoms with E-state index in [-0.39, 0.29) is 0 Å². The fraction of sp³-hybridized carbons (Fsp3) is 0.188. The minimum Gasteiger partial charge on any atom is -0.464 e. The fourth-order valence-electron chi connectivity index (χ4n) is 2.26. The van der Waals surface area contributed by atoms with Gasteiger partial charge in [0.15, 0.2) is 0 Å². The van der Waals surface area contributed by atoms with E-state index in [0.717, 1.165) is 24.4 Å². The van der Waals surface area contributed by atoms with Gasteiger partial charge in [0, 0.05) is 24.4 Å². The van der Waals surface area contributed by atoms with Gasteiger partial charge < -0.3 is 9.40 Å². The minimum atomic E-state index is 0.907. The lowest BCUT2D eigenvalue weighted by molar-refractivity contribution is 0.581. The lowest BCUT2D eigenvalue weighted by atomic mass is 9.98. The third kappa shape index (κ3) is 2.60. The number of nitrogens with one attached hydrogen (secondary N) is 1. The Balaban J connectivity index is 1.88. The Morgan fingerprint density at radius 2 is 2.16 bits per heavy atom. The van der Waals surface area contributed by atoms with Crippen LogP contribution in [0.3, 0.4) is 0 Å². The average Bonchev–Trinajstić information content (AvgIpc) is 3.10. The molecule has 3 rings (SSSR count). The summed E-state index contributed by atoms with van der Waals surface area (Å²) in [6.07, 6.45) is 7.22. The maximum atomic E-state index is 5.53. The summed E-state index contributed by atoms with van der Waals surface area (Å²) in [6, 6.07) is 10.4. The monoisotopic (exact) mass is 252 g/mol. The van der Waals surface area contributed by atoms with Crippen LogP contribution in [0.15, 0.2) is 53.4 Å². The summed E-state index contributed by atoms with van der Waals surface area (Å²) in [5.74, 6) is 1.95. The van der Waals surface area contributed by atoms with Gasteiger partial charge in [0.2, 0.25) is 0 Å². The molecule has 0 spiro atoms. The van der Waals surface area contributed by atoms with Crippen molar-refractivity contribution < 1.29 is 4.42 Å². The molecule has 19 heavy (non-hydrogen) atoms. The molecule has 0 unspecified atom stereocenters. The summed E-state index contributed by atoms with van der Waals surface area (Å²) in [4.78, 5) is 7.40. The van der Waals surface area contributed by atoms with Gasteiger partial charge in [0.05, 0.1) is 6.26 Å². The summed E-state index contributed by atoms with van der Waals surface area (Å²) in [6.45, 7) is 2.10. The Morgan fingerprint density at radius 1 is 1.21 bits per heavy atom. The van der Waals surface area contributed by atoms with Crippen molar-refractivity contribution in [1.29, 1.82) is 0 Å². The highest BCUT2D eigenvalue weighted by Gasteiger charge is 2.08. The second kappa shape index (κ2) is 5.14. The van der Waals surface area contributed by atoms with Crippen molar-refractivity contribution in [2.24, 2.45) is 0 Å². The topological polar surface area (TPSA) is 41.8 Å². The standard InChI is InChI=1S/C16H16N2O/c1-12-4-5-13(6-7-16-17-8-9-18-16)14(11-12)15-3-2-10-19-15/h2-5,8-11H,6-7H2,1H3,(H,17,18). The van der Waals surface area contributed by atoms with Gasteiger partial charge in [-0.15, -0.1) is 0 Å². The van der Waals surface area contributed by atoms with E-state index in [1.54, 1.807) is 12.5 Å². The van der Waals surface area contributed by atoms with E-state index >= 15 is 0 Å². The third-order valence-electron chi connectivity index (χ3n) is 3.24. The van der Waals surface area contributed by atoms with Crippen molar-refractivity contribution >= 4 is 0 Å². The van der Waals surface area contributed by atoms with Gasteiger partial charge in [-0.05, 0) is 37.1 Å². The number of benzene rings is 1. The van der Waals surface area contributed by atoms with Gasteiger partial charge in [-0.2, -0.15) is 0 Å². The van der Waals surface area contributed by atoms with Crippen molar-refractivity contribution in [3.8, 4) is 11.3 Å². The van der Waals surface area contributed by atoms with Gasteiger partial charge >= 0.3 is 0 Å². The van der Waals surface area contributed by atoms with Crippen LogP contribution < -0.4 is 0 Å². The van der Waals surface area contributed by atoms with Crippen molar-refractivity contribution in [1.82, 2.24) is 9.97 Å². The Hall–Kier alpha value is -2.29. The maximum absolute atomic E-state index is 5.53. The van der Waals surface area contributed by atoms with E-state index < -0.39 is 0 Å². The van der Waals surface area contributed by atoms with Crippen molar-refractivity contribution in [3.05, 3.63) is 65.9 Å². The zero-order valence-electron chi connectivity index (χ0n) is 10.9. The number of aryl methyl sites for hydroxylation is 3. The van der Waals surface area contributed by atoms with Crippen molar-refractivity contribution in [2.75, 3.05) is 0 Å². The number of H-pyrrole nitrogens is 1. The highest BCUT2D eigenvalue weighted by atomic mass is 16.3. The van der Waals surface area contributed by atoms with Crippen LogP contribution in [-0.2, 0) is 12.8 Å². The first kappa shape index (κ1) is 11.8. The lowest BCUT2D eigenvalue weighted by Gasteiger charge is -2.08. The van der Waals surface area contributed by atoms with Crippen LogP contribution in [0.25, 0.3) is 11.3 Å². The van der Waals surface area contributed by atoms with Crippen molar-refractivity contribution in [3.63, 3.8) is 0 Å². The van der Waals surface area contributed by atoms with E-state index in [2.05, 4.69) is 35.1 Å². The third-order valence-corrected chi connectivity index (χ3v) is 3.24. The molecule has 0 saturated carbocycles. The van der Waals surface area contributed by atoms with Gasteiger partial charge in [-0.3, -0.25) is 0 Å². The molecule has 0 aliphatic rings. The van der Waals surface area contributed by atoms with Crippen LogP contribution in [0, 0.1) is 6.92 Å². The van der Waals surface area contributed by atoms with Gasteiger partial charge in [-0.25, -0.2) is 4.98 Å². The summed E-state index contributed by atoms with van der Waals surface area (Å²) in [5.41, 5.74) is 3.71. The van der Waals surface area contributed by atoms with Crippen LogP contribution in [0.5, 0.6) is 0 Å². The SMILES string of the molecule is Cc1ccc(CCc2ncc[nH]2)c(-c2ccco2)c1. The van der Waals surface area contributed by atoms with E-state index in [9.17, 15) is 0 Å². The first-order chi connectivity index (χ1) is 9.33. The van der Waals surface area contributed by atoms with Crippen LogP contribution in [-0.4, -0.2) is 9.97 Å². The van der Waals surface area contributed by atoms with Gasteiger partial charge in [-0.1, -0.05) is 17.7 Å². The molecule has 0 fully saturated rings. The first-order valence-corrected chi connectivity index (χ1v) is 6.44. The van der Waals surface area contributed by atoms with Crippen LogP contribution in [0.4, 0.5) is 0 Å². The number of nitrogens with zero attached hydrogens (tertiary/aromatic N) is 1. The smallest absolute Gasteiger partial charge is 0.134 e. The molecule has 0 aliphatic carbocycles. The number of imidazole rings is 1. The summed E-state index contributed by atoms with van der Waals surface area (Å²) in [5, 5.41) is 0. The maximum Gasteiger partial charge on any atom is 0.134 e. The fourth-order valence-corrected chi connectivity index (χ4v) is 2.26. The largest absolute Gasteiger partial charge is 0.464 e. The Morgan fingerprint density at radius 3 is 2.89 bits per heavy atom. The number of furan rings is 1. The molecule has 0 bridgehead atoms. The van der Waals surface area contributed by atoms with E-state index in [1.165, 1.54) is 16.7 Å². The van der Waals surface area contributed by atoms with Crippen LogP contribution >= 0.6 is 0 Å². The number of hydrogen-bond acceptors (Lipinski definition) is 2. The second-order valence-electron chi connectivity index (χ2n) is 4.67. The molecule has 0 saturated heterocycles.